The van der Waals surface area contributed by atoms with Gasteiger partial charge in [-0.3, -0.25) is 9.59 Å². The SMILES string of the molecule is COCCC(=O)N1CCC(C)(C(=O)O)CC1. The zero-order valence-electron chi connectivity index (χ0n) is 9.86. The highest BCUT2D eigenvalue weighted by molar-refractivity contribution is 5.78. The van der Waals surface area contributed by atoms with Crippen molar-refractivity contribution in [3.63, 3.8) is 0 Å². The number of methoxy groups -OCH3 is 1. The summed E-state index contributed by atoms with van der Waals surface area (Å²) in [7, 11) is 1.56. The maximum Gasteiger partial charge on any atom is 0.309 e. The van der Waals surface area contributed by atoms with Gasteiger partial charge < -0.3 is 14.7 Å². The zero-order chi connectivity index (χ0) is 12.2. The molecule has 1 amide bonds. The van der Waals surface area contributed by atoms with Gasteiger partial charge >= 0.3 is 5.97 Å². The van der Waals surface area contributed by atoms with Crippen LogP contribution in [0.15, 0.2) is 0 Å². The molecule has 1 rings (SSSR count). The van der Waals surface area contributed by atoms with Crippen LogP contribution in [0, 0.1) is 5.41 Å². The summed E-state index contributed by atoms with van der Waals surface area (Å²) in [6.45, 7) is 3.23. The number of ether oxygens (including phenoxy) is 1. The molecule has 0 saturated carbocycles. The normalized spacial score (nSPS) is 19.5. The summed E-state index contributed by atoms with van der Waals surface area (Å²) in [6.07, 6.45) is 1.43. The van der Waals surface area contributed by atoms with E-state index in [0.29, 0.717) is 39.0 Å². The molecule has 1 saturated heterocycles. The molecular weight excluding hydrogens is 210 g/mol. The minimum Gasteiger partial charge on any atom is -0.481 e. The molecule has 1 aliphatic rings. The van der Waals surface area contributed by atoms with Crippen molar-refractivity contribution >= 4 is 11.9 Å². The van der Waals surface area contributed by atoms with Crippen molar-refractivity contribution in [2.75, 3.05) is 26.8 Å². The van der Waals surface area contributed by atoms with Gasteiger partial charge in [0.2, 0.25) is 5.91 Å². The van der Waals surface area contributed by atoms with E-state index in [1.165, 1.54) is 0 Å². The number of carbonyl (C=O) groups is 2. The Morgan fingerprint density at radius 3 is 2.38 bits per heavy atom. The van der Waals surface area contributed by atoms with Crippen LogP contribution in [0.4, 0.5) is 0 Å². The molecule has 0 aromatic rings. The molecule has 1 heterocycles. The van der Waals surface area contributed by atoms with Crippen LogP contribution >= 0.6 is 0 Å². The number of piperidine rings is 1. The Balaban J connectivity index is 2.42. The van der Waals surface area contributed by atoms with Crippen molar-refractivity contribution in [2.45, 2.75) is 26.2 Å². The van der Waals surface area contributed by atoms with Gasteiger partial charge in [0.15, 0.2) is 0 Å². The molecule has 1 aliphatic heterocycles. The van der Waals surface area contributed by atoms with Crippen LogP contribution in [-0.2, 0) is 14.3 Å². The van der Waals surface area contributed by atoms with E-state index in [9.17, 15) is 9.59 Å². The Labute approximate surface area is 95.4 Å². The number of carboxylic acids is 1. The molecule has 0 aromatic carbocycles. The average molecular weight is 229 g/mol. The van der Waals surface area contributed by atoms with Gasteiger partial charge in [0, 0.05) is 20.2 Å². The fourth-order valence-electron chi connectivity index (χ4n) is 1.81. The minimum absolute atomic E-state index is 0.0503. The summed E-state index contributed by atoms with van der Waals surface area (Å²) in [4.78, 5) is 24.4. The number of carboxylic acid groups (broad SMARTS) is 1. The smallest absolute Gasteiger partial charge is 0.309 e. The quantitative estimate of drug-likeness (QED) is 0.772. The van der Waals surface area contributed by atoms with Gasteiger partial charge in [-0.25, -0.2) is 0 Å². The Morgan fingerprint density at radius 1 is 1.38 bits per heavy atom. The average Bonchev–Trinajstić information content (AvgIpc) is 2.26. The second-order valence-corrected chi connectivity index (χ2v) is 4.49. The molecule has 5 heteroatoms. The molecule has 5 nitrogen and oxygen atoms in total. The number of rotatable bonds is 4. The zero-order valence-corrected chi connectivity index (χ0v) is 9.86. The van der Waals surface area contributed by atoms with E-state index < -0.39 is 11.4 Å². The standard InChI is InChI=1S/C11H19NO4/c1-11(10(14)15)4-6-12(7-5-11)9(13)3-8-16-2/h3-8H2,1-2H3,(H,14,15). The Hall–Kier alpha value is -1.10. The Bertz CT molecular complexity index is 269. The van der Waals surface area contributed by atoms with E-state index in [0.717, 1.165) is 0 Å². The van der Waals surface area contributed by atoms with Crippen molar-refractivity contribution in [1.82, 2.24) is 4.90 Å². The molecule has 0 unspecified atom stereocenters. The third-order valence-electron chi connectivity index (χ3n) is 3.26. The Morgan fingerprint density at radius 2 is 1.94 bits per heavy atom. The van der Waals surface area contributed by atoms with Crippen molar-refractivity contribution in [1.29, 1.82) is 0 Å². The van der Waals surface area contributed by atoms with Crippen molar-refractivity contribution < 1.29 is 19.4 Å². The highest BCUT2D eigenvalue weighted by Gasteiger charge is 2.37. The van der Waals surface area contributed by atoms with E-state index in [4.69, 9.17) is 9.84 Å². The molecule has 1 fully saturated rings. The van der Waals surface area contributed by atoms with Crippen molar-refractivity contribution in [2.24, 2.45) is 5.41 Å². The van der Waals surface area contributed by atoms with E-state index in [2.05, 4.69) is 0 Å². The van der Waals surface area contributed by atoms with Gasteiger partial charge in [-0.15, -0.1) is 0 Å². The number of aliphatic carboxylic acids is 1. The van der Waals surface area contributed by atoms with Gasteiger partial charge in [-0.2, -0.15) is 0 Å². The van der Waals surface area contributed by atoms with Crippen LogP contribution < -0.4 is 0 Å². The predicted octanol–water partition coefficient (Wildman–Crippen LogP) is 0.736. The Kier molecular flexibility index (Phi) is 4.29. The van der Waals surface area contributed by atoms with Crippen LogP contribution in [-0.4, -0.2) is 48.7 Å². The summed E-state index contributed by atoms with van der Waals surface area (Å²) >= 11 is 0. The molecule has 0 bridgehead atoms. The first-order valence-corrected chi connectivity index (χ1v) is 5.50. The number of carbonyl (C=O) groups excluding carboxylic acids is 1. The number of likely N-dealkylation sites (tertiary alicyclic amines) is 1. The second kappa shape index (κ2) is 5.30. The summed E-state index contributed by atoms with van der Waals surface area (Å²) in [5.41, 5.74) is -0.669. The first-order chi connectivity index (χ1) is 7.49. The van der Waals surface area contributed by atoms with E-state index in [-0.39, 0.29) is 5.91 Å². The van der Waals surface area contributed by atoms with Gasteiger partial charge in [-0.05, 0) is 19.8 Å². The van der Waals surface area contributed by atoms with Crippen LogP contribution in [0.25, 0.3) is 0 Å². The van der Waals surface area contributed by atoms with Gasteiger partial charge in [-0.1, -0.05) is 0 Å². The number of nitrogens with zero attached hydrogens (tertiary/aromatic N) is 1. The molecule has 1 N–H and O–H groups in total. The van der Waals surface area contributed by atoms with Crippen LogP contribution in [0.5, 0.6) is 0 Å². The number of amides is 1. The predicted molar refractivity (Wildman–Crippen MR) is 58.0 cm³/mol. The lowest BCUT2D eigenvalue weighted by Crippen LogP contribution is -2.45. The van der Waals surface area contributed by atoms with E-state index >= 15 is 0 Å². The highest BCUT2D eigenvalue weighted by Crippen LogP contribution is 2.31. The maximum atomic E-state index is 11.6. The van der Waals surface area contributed by atoms with Gasteiger partial charge in [0.05, 0.1) is 18.4 Å². The fraction of sp³-hybridized carbons (Fsp3) is 0.818. The monoisotopic (exact) mass is 229 g/mol. The molecule has 0 spiro atoms. The summed E-state index contributed by atoms with van der Waals surface area (Å²) in [6, 6.07) is 0. The highest BCUT2D eigenvalue weighted by atomic mass is 16.5. The van der Waals surface area contributed by atoms with Gasteiger partial charge in [0.25, 0.3) is 0 Å². The molecular formula is C11H19NO4. The topological polar surface area (TPSA) is 66.8 Å². The first kappa shape index (κ1) is 13.0. The second-order valence-electron chi connectivity index (χ2n) is 4.49. The van der Waals surface area contributed by atoms with Crippen molar-refractivity contribution in [3.05, 3.63) is 0 Å². The lowest BCUT2D eigenvalue weighted by atomic mass is 9.80. The molecule has 92 valence electrons. The third-order valence-corrected chi connectivity index (χ3v) is 3.26. The molecule has 16 heavy (non-hydrogen) atoms. The van der Waals surface area contributed by atoms with E-state index in [1.807, 2.05) is 0 Å². The minimum atomic E-state index is -0.767. The molecule has 0 radical (unpaired) electrons. The largest absolute Gasteiger partial charge is 0.481 e. The molecule has 0 aliphatic carbocycles. The summed E-state index contributed by atoms with van der Waals surface area (Å²) < 4.78 is 4.84. The number of hydrogen-bond donors (Lipinski definition) is 1. The van der Waals surface area contributed by atoms with E-state index in [1.54, 1.807) is 18.9 Å². The van der Waals surface area contributed by atoms with Crippen molar-refractivity contribution in [3.8, 4) is 0 Å². The maximum absolute atomic E-state index is 11.6. The summed E-state index contributed by atoms with van der Waals surface area (Å²) in [5, 5.41) is 9.04. The number of hydrogen-bond acceptors (Lipinski definition) is 3. The summed E-state index contributed by atoms with van der Waals surface area (Å²) in [5.74, 6) is -0.717. The van der Waals surface area contributed by atoms with Crippen LogP contribution in [0.3, 0.4) is 0 Å². The van der Waals surface area contributed by atoms with Crippen LogP contribution in [0.2, 0.25) is 0 Å². The van der Waals surface area contributed by atoms with Crippen LogP contribution in [0.1, 0.15) is 26.2 Å². The van der Waals surface area contributed by atoms with Gasteiger partial charge in [0.1, 0.15) is 0 Å². The molecule has 0 aromatic heterocycles. The lowest BCUT2D eigenvalue weighted by Gasteiger charge is -2.36. The first-order valence-electron chi connectivity index (χ1n) is 5.50. The lowest BCUT2D eigenvalue weighted by molar-refractivity contribution is -0.153. The third kappa shape index (κ3) is 2.95. The molecule has 0 atom stereocenters. The fourth-order valence-corrected chi connectivity index (χ4v) is 1.81.